The fraction of sp³-hybridized carbons (Fsp3) is 0.500. The van der Waals surface area contributed by atoms with E-state index in [0.717, 1.165) is 24.4 Å². The van der Waals surface area contributed by atoms with Crippen LogP contribution in [-0.4, -0.2) is 37.0 Å². The van der Waals surface area contributed by atoms with E-state index in [1.54, 1.807) is 11.3 Å². The molecule has 0 bridgehead atoms. The molecular formula is C22H30N2O2S. The number of carbonyl (C=O) groups excluding carboxylic acids is 1. The molecule has 0 spiro atoms. The summed E-state index contributed by atoms with van der Waals surface area (Å²) in [5, 5.41) is 7.41. The van der Waals surface area contributed by atoms with Crippen LogP contribution in [0.15, 0.2) is 35.0 Å². The van der Waals surface area contributed by atoms with Crippen LogP contribution in [0.2, 0.25) is 0 Å². The number of benzene rings is 1. The molecule has 1 aromatic carbocycles. The molecule has 5 heteroatoms. The molecule has 146 valence electrons. The number of nitrogens with zero attached hydrogens (tertiary/aromatic N) is 1. The predicted molar refractivity (Wildman–Crippen MR) is 112 cm³/mol. The average Bonchev–Trinajstić information content (AvgIpc) is 3.06. The molecule has 3 rings (SSSR count). The Kier molecular flexibility index (Phi) is 7.30. The van der Waals surface area contributed by atoms with Gasteiger partial charge in [0, 0.05) is 6.54 Å². The van der Waals surface area contributed by atoms with Crippen molar-refractivity contribution in [2.45, 2.75) is 45.6 Å². The summed E-state index contributed by atoms with van der Waals surface area (Å²) >= 11 is 1.72. The third-order valence-electron chi connectivity index (χ3n) is 5.42. The van der Waals surface area contributed by atoms with E-state index in [4.69, 9.17) is 4.74 Å². The number of likely N-dealkylation sites (tertiary alicyclic amines) is 1. The molecule has 1 aliphatic heterocycles. The number of rotatable bonds is 7. The summed E-state index contributed by atoms with van der Waals surface area (Å²) in [6.07, 6.45) is 5.10. The van der Waals surface area contributed by atoms with Crippen LogP contribution in [0, 0.1) is 13.8 Å². The third kappa shape index (κ3) is 5.56. The summed E-state index contributed by atoms with van der Waals surface area (Å²) in [6.45, 7) is 6.97. The van der Waals surface area contributed by atoms with Crippen molar-refractivity contribution in [3.05, 3.63) is 51.7 Å². The van der Waals surface area contributed by atoms with E-state index >= 15 is 0 Å². The molecule has 4 nitrogen and oxygen atoms in total. The minimum Gasteiger partial charge on any atom is -0.483 e. The van der Waals surface area contributed by atoms with Gasteiger partial charge in [0.25, 0.3) is 5.91 Å². The zero-order valence-electron chi connectivity index (χ0n) is 16.4. The van der Waals surface area contributed by atoms with Gasteiger partial charge in [-0.25, -0.2) is 0 Å². The standard InChI is InChI=1S/C22H30N2O2S/c1-17-8-7-9-21(18(17)2)26-15-22(25)23-14-20(19-10-13-27-16-19)24-11-5-3-4-6-12-24/h7-10,13,16,20H,3-6,11-12,14-15H2,1-2H3,(H,23,25). The van der Waals surface area contributed by atoms with Crippen molar-refractivity contribution in [3.8, 4) is 5.75 Å². The molecule has 27 heavy (non-hydrogen) atoms. The van der Waals surface area contributed by atoms with Crippen molar-refractivity contribution in [3.63, 3.8) is 0 Å². The Morgan fingerprint density at radius 2 is 1.96 bits per heavy atom. The van der Waals surface area contributed by atoms with Crippen molar-refractivity contribution in [1.29, 1.82) is 0 Å². The lowest BCUT2D eigenvalue weighted by Crippen LogP contribution is -2.40. The third-order valence-corrected chi connectivity index (χ3v) is 6.12. The Labute approximate surface area is 166 Å². The van der Waals surface area contributed by atoms with Crippen molar-refractivity contribution in [2.24, 2.45) is 0 Å². The maximum absolute atomic E-state index is 12.4. The van der Waals surface area contributed by atoms with Gasteiger partial charge in [-0.3, -0.25) is 9.69 Å². The van der Waals surface area contributed by atoms with Crippen molar-refractivity contribution >= 4 is 17.2 Å². The van der Waals surface area contributed by atoms with Gasteiger partial charge in [0.15, 0.2) is 6.61 Å². The molecule has 0 saturated carbocycles. The van der Waals surface area contributed by atoms with E-state index in [0.29, 0.717) is 6.54 Å². The van der Waals surface area contributed by atoms with Crippen molar-refractivity contribution in [2.75, 3.05) is 26.2 Å². The Balaban J connectivity index is 1.56. The van der Waals surface area contributed by atoms with Crippen LogP contribution in [0.4, 0.5) is 0 Å². The highest BCUT2D eigenvalue weighted by atomic mass is 32.1. The van der Waals surface area contributed by atoms with Gasteiger partial charge in [-0.15, -0.1) is 0 Å². The summed E-state index contributed by atoms with van der Waals surface area (Å²) < 4.78 is 5.74. The first kappa shape index (κ1) is 19.9. The number of amides is 1. The zero-order valence-corrected chi connectivity index (χ0v) is 17.2. The van der Waals surface area contributed by atoms with E-state index in [-0.39, 0.29) is 18.6 Å². The highest BCUT2D eigenvalue weighted by Crippen LogP contribution is 2.25. The molecular weight excluding hydrogens is 356 g/mol. The van der Waals surface area contributed by atoms with Crippen LogP contribution in [-0.2, 0) is 4.79 Å². The topological polar surface area (TPSA) is 41.6 Å². The minimum absolute atomic E-state index is 0.0562. The van der Waals surface area contributed by atoms with Crippen LogP contribution in [0.25, 0.3) is 0 Å². The van der Waals surface area contributed by atoms with Gasteiger partial charge in [0.1, 0.15) is 5.75 Å². The molecule has 1 aliphatic rings. The molecule has 1 saturated heterocycles. The van der Waals surface area contributed by atoms with Crippen LogP contribution < -0.4 is 10.1 Å². The van der Waals surface area contributed by atoms with Gasteiger partial charge in [0.05, 0.1) is 6.04 Å². The molecule has 1 aromatic heterocycles. The quantitative estimate of drug-likeness (QED) is 0.763. The Bertz CT molecular complexity index is 722. The highest BCUT2D eigenvalue weighted by Gasteiger charge is 2.22. The molecule has 1 amide bonds. The van der Waals surface area contributed by atoms with Crippen LogP contribution >= 0.6 is 11.3 Å². The van der Waals surface area contributed by atoms with Gasteiger partial charge in [-0.1, -0.05) is 25.0 Å². The molecule has 0 radical (unpaired) electrons. The largest absolute Gasteiger partial charge is 0.483 e. The summed E-state index contributed by atoms with van der Waals surface area (Å²) in [5.74, 6) is 0.720. The summed E-state index contributed by atoms with van der Waals surface area (Å²) in [6, 6.07) is 8.36. The summed E-state index contributed by atoms with van der Waals surface area (Å²) in [4.78, 5) is 14.9. The van der Waals surface area contributed by atoms with Crippen LogP contribution in [0.5, 0.6) is 5.75 Å². The molecule has 2 heterocycles. The summed E-state index contributed by atoms with van der Waals surface area (Å²) in [5.41, 5.74) is 3.57. The van der Waals surface area contributed by atoms with Gasteiger partial charge in [-0.05, 0) is 79.4 Å². The molecule has 1 unspecified atom stereocenters. The molecule has 1 N–H and O–H groups in total. The van der Waals surface area contributed by atoms with Gasteiger partial charge >= 0.3 is 0 Å². The van der Waals surface area contributed by atoms with E-state index in [2.05, 4.69) is 40.0 Å². The lowest BCUT2D eigenvalue weighted by Gasteiger charge is -2.30. The number of thiophene rings is 1. The molecule has 1 fully saturated rings. The molecule has 0 aliphatic carbocycles. The normalized spacial score (nSPS) is 16.5. The number of carbonyl (C=O) groups is 1. The Morgan fingerprint density at radius 3 is 2.67 bits per heavy atom. The van der Waals surface area contributed by atoms with E-state index in [1.807, 2.05) is 19.1 Å². The first-order valence-corrected chi connectivity index (χ1v) is 10.8. The first-order chi connectivity index (χ1) is 13.1. The zero-order chi connectivity index (χ0) is 19.1. The second-order valence-corrected chi connectivity index (χ2v) is 8.09. The predicted octanol–water partition coefficient (Wildman–Crippen LogP) is 4.48. The van der Waals surface area contributed by atoms with Crippen LogP contribution in [0.3, 0.4) is 0 Å². The number of ether oxygens (including phenoxy) is 1. The molecule has 1 atom stereocenters. The fourth-order valence-corrected chi connectivity index (χ4v) is 4.32. The number of hydrogen-bond acceptors (Lipinski definition) is 4. The number of aryl methyl sites for hydroxylation is 1. The lowest BCUT2D eigenvalue weighted by molar-refractivity contribution is -0.123. The van der Waals surface area contributed by atoms with Crippen LogP contribution in [0.1, 0.15) is 48.4 Å². The van der Waals surface area contributed by atoms with Gasteiger partial charge in [0.2, 0.25) is 0 Å². The highest BCUT2D eigenvalue weighted by molar-refractivity contribution is 7.07. The second-order valence-electron chi connectivity index (χ2n) is 7.31. The van der Waals surface area contributed by atoms with E-state index in [1.165, 1.54) is 36.8 Å². The smallest absolute Gasteiger partial charge is 0.258 e. The van der Waals surface area contributed by atoms with Gasteiger partial charge < -0.3 is 10.1 Å². The maximum atomic E-state index is 12.4. The first-order valence-electron chi connectivity index (χ1n) is 9.87. The fourth-order valence-electron chi connectivity index (χ4n) is 3.61. The maximum Gasteiger partial charge on any atom is 0.258 e. The van der Waals surface area contributed by atoms with Crippen molar-refractivity contribution in [1.82, 2.24) is 10.2 Å². The minimum atomic E-state index is -0.0639. The van der Waals surface area contributed by atoms with Crippen molar-refractivity contribution < 1.29 is 9.53 Å². The number of nitrogens with one attached hydrogen (secondary N) is 1. The monoisotopic (exact) mass is 386 g/mol. The SMILES string of the molecule is Cc1cccc(OCC(=O)NCC(c2ccsc2)N2CCCCCC2)c1C. The van der Waals surface area contributed by atoms with E-state index < -0.39 is 0 Å². The Hall–Kier alpha value is -1.85. The average molecular weight is 387 g/mol. The number of hydrogen-bond donors (Lipinski definition) is 1. The molecule has 2 aromatic rings. The van der Waals surface area contributed by atoms with E-state index in [9.17, 15) is 4.79 Å². The van der Waals surface area contributed by atoms with Gasteiger partial charge in [-0.2, -0.15) is 11.3 Å². The lowest BCUT2D eigenvalue weighted by atomic mass is 10.1. The Morgan fingerprint density at radius 1 is 1.19 bits per heavy atom. The second kappa shape index (κ2) is 9.90. The summed E-state index contributed by atoms with van der Waals surface area (Å²) in [7, 11) is 0.